The molecule has 2 aromatic carbocycles. The smallest absolute Gasteiger partial charge is 0.261 e. The summed E-state index contributed by atoms with van der Waals surface area (Å²) < 4.78 is 6.40. The maximum atomic E-state index is 13.1. The van der Waals surface area contributed by atoms with Gasteiger partial charge in [0.2, 0.25) is 0 Å². The number of aryl methyl sites for hydroxylation is 1. The molecule has 2 amide bonds. The number of aromatic nitrogens is 2. The molecular formula is C24H25N3O3. The maximum absolute atomic E-state index is 13.1. The Balaban J connectivity index is 1.42. The summed E-state index contributed by atoms with van der Waals surface area (Å²) in [6, 6.07) is 10.8. The van der Waals surface area contributed by atoms with Crippen LogP contribution in [0.3, 0.4) is 0 Å². The Labute approximate surface area is 175 Å². The molecular weight excluding hydrogens is 378 g/mol. The summed E-state index contributed by atoms with van der Waals surface area (Å²) in [5.74, 6) is 0.449. The van der Waals surface area contributed by atoms with Gasteiger partial charge in [-0.3, -0.25) is 19.6 Å². The molecule has 0 radical (unpaired) electrons. The van der Waals surface area contributed by atoms with Crippen molar-refractivity contribution in [3.05, 3.63) is 59.3 Å². The van der Waals surface area contributed by atoms with Gasteiger partial charge in [-0.2, -0.15) is 5.10 Å². The number of fused-ring (bicyclic) bond motifs is 2. The molecule has 154 valence electrons. The number of benzene rings is 2. The number of imide groups is 1. The van der Waals surface area contributed by atoms with Crippen molar-refractivity contribution in [3.8, 4) is 5.75 Å². The number of carbonyl (C=O) groups excluding carboxylic acids is 2. The fourth-order valence-electron chi connectivity index (χ4n) is 4.88. The van der Waals surface area contributed by atoms with E-state index < -0.39 is 0 Å². The SMILES string of the molecule is Cc1c(O[C@H]2CCC(C)(C)[C@H](N3C(=O)c4ccccc4C3=O)C2)ccc2[nH]ncc12. The van der Waals surface area contributed by atoms with Crippen LogP contribution in [-0.2, 0) is 0 Å². The Morgan fingerprint density at radius 3 is 2.50 bits per heavy atom. The second-order valence-corrected chi connectivity index (χ2v) is 9.06. The van der Waals surface area contributed by atoms with Gasteiger partial charge >= 0.3 is 0 Å². The number of hydrogen-bond acceptors (Lipinski definition) is 4. The van der Waals surface area contributed by atoms with Crippen molar-refractivity contribution in [2.75, 3.05) is 0 Å². The average Bonchev–Trinajstić information content (AvgIpc) is 3.30. The molecule has 1 aliphatic carbocycles. The van der Waals surface area contributed by atoms with E-state index >= 15 is 0 Å². The molecule has 2 aliphatic rings. The lowest BCUT2D eigenvalue weighted by Crippen LogP contribution is -2.53. The predicted octanol–water partition coefficient (Wildman–Crippen LogP) is 4.49. The van der Waals surface area contributed by atoms with Crippen LogP contribution in [-0.4, -0.2) is 39.1 Å². The minimum absolute atomic E-state index is 0.0598. The van der Waals surface area contributed by atoms with Gasteiger partial charge in [0.25, 0.3) is 11.8 Å². The summed E-state index contributed by atoms with van der Waals surface area (Å²) in [7, 11) is 0. The summed E-state index contributed by atoms with van der Waals surface area (Å²) in [4.78, 5) is 27.6. The first kappa shape index (κ1) is 18.9. The van der Waals surface area contributed by atoms with Crippen LogP contribution in [0.4, 0.5) is 0 Å². The normalized spacial score (nSPS) is 23.1. The van der Waals surface area contributed by atoms with E-state index in [0.717, 1.165) is 35.1 Å². The Morgan fingerprint density at radius 1 is 1.10 bits per heavy atom. The minimum atomic E-state index is -0.207. The van der Waals surface area contributed by atoms with Crippen LogP contribution in [0.15, 0.2) is 42.6 Å². The van der Waals surface area contributed by atoms with Crippen molar-refractivity contribution >= 4 is 22.7 Å². The Kier molecular flexibility index (Phi) is 4.20. The Morgan fingerprint density at radius 2 is 1.80 bits per heavy atom. The molecule has 0 spiro atoms. The fraction of sp³-hybridized carbons (Fsp3) is 0.375. The fourth-order valence-corrected chi connectivity index (χ4v) is 4.88. The van der Waals surface area contributed by atoms with Crippen molar-refractivity contribution in [3.63, 3.8) is 0 Å². The monoisotopic (exact) mass is 403 g/mol. The van der Waals surface area contributed by atoms with Gasteiger partial charge in [0, 0.05) is 23.4 Å². The third-order valence-corrected chi connectivity index (χ3v) is 6.77. The van der Waals surface area contributed by atoms with E-state index in [-0.39, 0.29) is 29.4 Å². The molecule has 0 saturated heterocycles. The van der Waals surface area contributed by atoms with Gasteiger partial charge in [0.05, 0.1) is 22.8 Å². The van der Waals surface area contributed by atoms with Gasteiger partial charge in [-0.25, -0.2) is 0 Å². The van der Waals surface area contributed by atoms with E-state index in [9.17, 15) is 9.59 Å². The number of nitrogens with zero attached hydrogens (tertiary/aromatic N) is 2. The summed E-state index contributed by atoms with van der Waals surface area (Å²) in [6.07, 6.45) is 4.14. The first-order valence-corrected chi connectivity index (χ1v) is 10.4. The van der Waals surface area contributed by atoms with Crippen molar-refractivity contribution < 1.29 is 14.3 Å². The quantitative estimate of drug-likeness (QED) is 0.654. The van der Waals surface area contributed by atoms with Crippen molar-refractivity contribution in [1.82, 2.24) is 15.1 Å². The molecule has 1 aromatic heterocycles. The lowest BCUT2D eigenvalue weighted by Gasteiger charge is -2.45. The first-order chi connectivity index (χ1) is 14.4. The molecule has 3 aromatic rings. The van der Waals surface area contributed by atoms with Gasteiger partial charge in [0.15, 0.2) is 0 Å². The largest absolute Gasteiger partial charge is 0.490 e. The van der Waals surface area contributed by atoms with E-state index in [4.69, 9.17) is 4.74 Å². The van der Waals surface area contributed by atoms with Crippen LogP contribution in [0.2, 0.25) is 0 Å². The summed E-state index contributed by atoms with van der Waals surface area (Å²) in [6.45, 7) is 6.31. The number of ether oxygens (including phenoxy) is 1. The van der Waals surface area contributed by atoms with Gasteiger partial charge in [0.1, 0.15) is 11.9 Å². The van der Waals surface area contributed by atoms with Gasteiger partial charge in [-0.05, 0) is 49.4 Å². The summed E-state index contributed by atoms with van der Waals surface area (Å²) in [5, 5.41) is 8.13. The first-order valence-electron chi connectivity index (χ1n) is 10.4. The molecule has 6 heteroatoms. The maximum Gasteiger partial charge on any atom is 0.261 e. The van der Waals surface area contributed by atoms with Crippen LogP contribution < -0.4 is 4.74 Å². The van der Waals surface area contributed by atoms with E-state index in [1.54, 1.807) is 24.3 Å². The number of H-pyrrole nitrogens is 1. The zero-order chi connectivity index (χ0) is 21.0. The number of amides is 2. The zero-order valence-electron chi connectivity index (χ0n) is 17.4. The van der Waals surface area contributed by atoms with Crippen molar-refractivity contribution in [2.45, 2.75) is 52.2 Å². The van der Waals surface area contributed by atoms with E-state index in [2.05, 4.69) is 24.0 Å². The number of nitrogens with one attached hydrogen (secondary N) is 1. The lowest BCUT2D eigenvalue weighted by molar-refractivity contribution is 0.00708. The van der Waals surface area contributed by atoms with Gasteiger partial charge < -0.3 is 4.74 Å². The van der Waals surface area contributed by atoms with Crippen molar-refractivity contribution in [1.29, 1.82) is 0 Å². The topological polar surface area (TPSA) is 75.3 Å². The highest BCUT2D eigenvalue weighted by Crippen LogP contribution is 2.43. The van der Waals surface area contributed by atoms with E-state index in [1.165, 1.54) is 4.90 Å². The molecule has 0 unspecified atom stereocenters. The molecule has 0 bridgehead atoms. The zero-order valence-corrected chi connectivity index (χ0v) is 17.4. The van der Waals surface area contributed by atoms with Gasteiger partial charge in [-0.1, -0.05) is 26.0 Å². The molecule has 1 fully saturated rings. The Hall–Kier alpha value is -3.15. The van der Waals surface area contributed by atoms with Crippen LogP contribution in [0, 0.1) is 12.3 Å². The van der Waals surface area contributed by atoms with E-state index in [0.29, 0.717) is 17.5 Å². The number of aromatic amines is 1. The molecule has 1 aliphatic heterocycles. The van der Waals surface area contributed by atoms with Crippen LogP contribution >= 0.6 is 0 Å². The third kappa shape index (κ3) is 2.82. The van der Waals surface area contributed by atoms with Gasteiger partial charge in [-0.15, -0.1) is 0 Å². The number of carbonyl (C=O) groups is 2. The van der Waals surface area contributed by atoms with Crippen LogP contribution in [0.25, 0.3) is 10.9 Å². The molecule has 30 heavy (non-hydrogen) atoms. The highest BCUT2D eigenvalue weighted by molar-refractivity contribution is 6.21. The standard InChI is InChI=1S/C24H25N3O3/c1-14-18-13-25-26-19(18)8-9-20(14)30-15-10-11-24(2,3)21(12-15)27-22(28)16-6-4-5-7-17(16)23(27)29/h4-9,13,15,21H,10-12H2,1-3H3,(H,25,26)/t15-,21+/m0/s1. The number of hydrogen-bond donors (Lipinski definition) is 1. The highest BCUT2D eigenvalue weighted by Gasteiger charge is 2.48. The van der Waals surface area contributed by atoms with Crippen molar-refractivity contribution in [2.24, 2.45) is 5.41 Å². The molecule has 1 saturated carbocycles. The molecule has 2 atom stereocenters. The molecule has 1 N–H and O–H groups in total. The molecule has 2 heterocycles. The lowest BCUT2D eigenvalue weighted by atomic mass is 9.71. The second-order valence-electron chi connectivity index (χ2n) is 9.06. The minimum Gasteiger partial charge on any atom is -0.490 e. The predicted molar refractivity (Wildman–Crippen MR) is 114 cm³/mol. The highest BCUT2D eigenvalue weighted by atomic mass is 16.5. The van der Waals surface area contributed by atoms with E-state index in [1.807, 2.05) is 25.3 Å². The second kappa shape index (κ2) is 6.69. The third-order valence-electron chi connectivity index (χ3n) is 6.77. The Bertz CT molecular complexity index is 1130. The van der Waals surface area contributed by atoms with Crippen LogP contribution in [0.1, 0.15) is 59.4 Å². The summed E-state index contributed by atoms with van der Waals surface area (Å²) in [5.41, 5.74) is 2.86. The van der Waals surface area contributed by atoms with Crippen LogP contribution in [0.5, 0.6) is 5.75 Å². The number of rotatable bonds is 3. The molecule has 6 nitrogen and oxygen atoms in total. The average molecular weight is 403 g/mol. The molecule has 5 rings (SSSR count). The summed E-state index contributed by atoms with van der Waals surface area (Å²) >= 11 is 0.